The maximum atomic E-state index is 3.34. The molecule has 0 aliphatic heterocycles. The lowest BCUT2D eigenvalue weighted by molar-refractivity contribution is 0.239. The number of H-pyrrole nitrogens is 1. The fourth-order valence-electron chi connectivity index (χ4n) is 2.36. The Labute approximate surface area is 109 Å². The number of fused-ring (bicyclic) bond motifs is 1. The number of benzene rings is 1. The largest absolute Gasteiger partial charge is 0.361 e. The minimum atomic E-state index is 0.140. The van der Waals surface area contributed by atoms with Crippen molar-refractivity contribution in [3.8, 4) is 0 Å². The Morgan fingerprint density at radius 3 is 2.72 bits per heavy atom. The van der Waals surface area contributed by atoms with Crippen molar-refractivity contribution in [3.05, 3.63) is 36.0 Å². The molecule has 0 bridgehead atoms. The number of hydrogen-bond acceptors (Lipinski definition) is 2. The molecule has 0 unspecified atom stereocenters. The number of nitrogens with zero attached hydrogens (tertiary/aromatic N) is 1. The van der Waals surface area contributed by atoms with Crippen LogP contribution in [-0.2, 0) is 6.54 Å². The quantitative estimate of drug-likeness (QED) is 0.848. The summed E-state index contributed by atoms with van der Waals surface area (Å²) in [6.07, 6.45) is 2.12. The summed E-state index contributed by atoms with van der Waals surface area (Å²) < 4.78 is 0. The van der Waals surface area contributed by atoms with Crippen LogP contribution < -0.4 is 5.32 Å². The number of rotatable bonds is 5. The average molecular weight is 245 g/mol. The molecule has 0 saturated carbocycles. The van der Waals surface area contributed by atoms with Crippen LogP contribution in [0.2, 0.25) is 0 Å². The van der Waals surface area contributed by atoms with Gasteiger partial charge in [-0.15, -0.1) is 0 Å². The van der Waals surface area contributed by atoms with Crippen molar-refractivity contribution in [3.63, 3.8) is 0 Å². The van der Waals surface area contributed by atoms with Crippen LogP contribution in [0.3, 0.4) is 0 Å². The zero-order chi connectivity index (χ0) is 13.2. The van der Waals surface area contributed by atoms with E-state index < -0.39 is 0 Å². The molecular weight excluding hydrogens is 222 g/mol. The van der Waals surface area contributed by atoms with Gasteiger partial charge in [-0.3, -0.25) is 0 Å². The van der Waals surface area contributed by atoms with E-state index in [4.69, 9.17) is 0 Å². The lowest BCUT2D eigenvalue weighted by Crippen LogP contribution is -2.46. The van der Waals surface area contributed by atoms with Crippen LogP contribution in [0.1, 0.15) is 19.4 Å². The number of aromatic nitrogens is 1. The lowest BCUT2D eigenvalue weighted by Gasteiger charge is -2.29. The molecule has 98 valence electrons. The number of nitrogens with one attached hydrogen (secondary N) is 2. The molecule has 3 heteroatoms. The predicted molar refractivity (Wildman–Crippen MR) is 77.8 cm³/mol. The summed E-state index contributed by atoms with van der Waals surface area (Å²) in [5.74, 6) is 0. The van der Waals surface area contributed by atoms with E-state index in [1.165, 1.54) is 16.5 Å². The van der Waals surface area contributed by atoms with Crippen LogP contribution >= 0.6 is 0 Å². The third kappa shape index (κ3) is 2.92. The molecule has 1 aromatic heterocycles. The summed E-state index contributed by atoms with van der Waals surface area (Å²) in [7, 11) is 4.18. The van der Waals surface area contributed by atoms with Crippen molar-refractivity contribution in [1.82, 2.24) is 15.2 Å². The Balaban J connectivity index is 2.09. The average Bonchev–Trinajstić information content (AvgIpc) is 2.72. The van der Waals surface area contributed by atoms with Gasteiger partial charge in [-0.05, 0) is 39.6 Å². The first kappa shape index (κ1) is 13.1. The van der Waals surface area contributed by atoms with Crippen LogP contribution in [0.5, 0.6) is 0 Å². The number of hydrogen-bond donors (Lipinski definition) is 2. The Kier molecular flexibility index (Phi) is 3.73. The summed E-state index contributed by atoms with van der Waals surface area (Å²) in [6.45, 7) is 6.43. The summed E-state index contributed by atoms with van der Waals surface area (Å²) in [6, 6.07) is 8.46. The maximum Gasteiger partial charge on any atom is 0.0457 e. The van der Waals surface area contributed by atoms with Crippen LogP contribution in [0, 0.1) is 0 Å². The highest BCUT2D eigenvalue weighted by atomic mass is 15.1. The maximum absolute atomic E-state index is 3.34. The van der Waals surface area contributed by atoms with Gasteiger partial charge in [-0.25, -0.2) is 0 Å². The second kappa shape index (κ2) is 5.12. The van der Waals surface area contributed by atoms with Gasteiger partial charge in [-0.2, -0.15) is 0 Å². The van der Waals surface area contributed by atoms with E-state index in [1.807, 2.05) is 7.05 Å². The minimum Gasteiger partial charge on any atom is -0.361 e. The van der Waals surface area contributed by atoms with Gasteiger partial charge in [0.1, 0.15) is 0 Å². The van der Waals surface area contributed by atoms with Crippen molar-refractivity contribution >= 4 is 10.9 Å². The van der Waals surface area contributed by atoms with Crippen LogP contribution in [0.4, 0.5) is 0 Å². The summed E-state index contributed by atoms with van der Waals surface area (Å²) in [5.41, 5.74) is 2.72. The Morgan fingerprint density at radius 1 is 1.28 bits per heavy atom. The number of para-hydroxylation sites is 1. The number of aromatic amines is 1. The van der Waals surface area contributed by atoms with E-state index in [2.05, 4.69) is 66.6 Å². The molecule has 0 spiro atoms. The highest BCUT2D eigenvalue weighted by Crippen LogP contribution is 2.19. The molecule has 18 heavy (non-hydrogen) atoms. The monoisotopic (exact) mass is 245 g/mol. The zero-order valence-electron chi connectivity index (χ0n) is 11.7. The first-order valence-electron chi connectivity index (χ1n) is 6.44. The highest BCUT2D eigenvalue weighted by molar-refractivity contribution is 5.82. The molecule has 1 aromatic carbocycles. The SMILES string of the molecule is CNC(C)(C)CN(C)Cc1c[nH]c2ccccc12. The van der Waals surface area contributed by atoms with E-state index >= 15 is 0 Å². The zero-order valence-corrected chi connectivity index (χ0v) is 11.7. The van der Waals surface area contributed by atoms with Gasteiger partial charge in [0.15, 0.2) is 0 Å². The van der Waals surface area contributed by atoms with E-state index in [0.29, 0.717) is 0 Å². The molecule has 0 fully saturated rings. The van der Waals surface area contributed by atoms with Crippen molar-refractivity contribution < 1.29 is 0 Å². The molecule has 2 aromatic rings. The highest BCUT2D eigenvalue weighted by Gasteiger charge is 2.17. The minimum absolute atomic E-state index is 0.140. The standard InChI is InChI=1S/C15H23N3/c1-15(2,16-3)11-18(4)10-12-9-17-14-8-6-5-7-13(12)14/h5-9,16-17H,10-11H2,1-4H3. The molecule has 0 aliphatic carbocycles. The molecule has 0 saturated heterocycles. The second-order valence-electron chi connectivity index (χ2n) is 5.67. The van der Waals surface area contributed by atoms with Crippen LogP contribution in [-0.4, -0.2) is 36.1 Å². The van der Waals surface area contributed by atoms with Crippen molar-refractivity contribution in [2.45, 2.75) is 25.9 Å². The van der Waals surface area contributed by atoms with E-state index in [9.17, 15) is 0 Å². The Morgan fingerprint density at radius 2 is 2.00 bits per heavy atom. The van der Waals surface area contributed by atoms with Gasteiger partial charge in [0, 0.05) is 35.7 Å². The van der Waals surface area contributed by atoms with E-state index in [0.717, 1.165) is 13.1 Å². The van der Waals surface area contributed by atoms with Crippen LogP contribution in [0.25, 0.3) is 10.9 Å². The third-order valence-corrected chi connectivity index (χ3v) is 3.46. The fourth-order valence-corrected chi connectivity index (χ4v) is 2.36. The molecule has 3 nitrogen and oxygen atoms in total. The smallest absolute Gasteiger partial charge is 0.0457 e. The summed E-state index contributed by atoms with van der Waals surface area (Å²) in [4.78, 5) is 5.68. The molecule has 2 rings (SSSR count). The first-order valence-corrected chi connectivity index (χ1v) is 6.44. The third-order valence-electron chi connectivity index (χ3n) is 3.46. The summed E-state index contributed by atoms with van der Waals surface area (Å²) in [5, 5.41) is 4.67. The normalized spacial score (nSPS) is 12.5. The Bertz CT molecular complexity index is 513. The van der Waals surface area contributed by atoms with Crippen molar-refractivity contribution in [1.29, 1.82) is 0 Å². The first-order chi connectivity index (χ1) is 8.52. The van der Waals surface area contributed by atoms with Gasteiger partial charge < -0.3 is 15.2 Å². The van der Waals surface area contributed by atoms with Gasteiger partial charge in [0.25, 0.3) is 0 Å². The van der Waals surface area contributed by atoms with E-state index in [-0.39, 0.29) is 5.54 Å². The molecule has 0 aliphatic rings. The molecule has 0 amide bonds. The summed E-state index contributed by atoms with van der Waals surface area (Å²) >= 11 is 0. The van der Waals surface area contributed by atoms with Gasteiger partial charge in [0.05, 0.1) is 0 Å². The lowest BCUT2D eigenvalue weighted by atomic mass is 10.1. The predicted octanol–water partition coefficient (Wildman–Crippen LogP) is 2.60. The molecule has 1 heterocycles. The fraction of sp³-hybridized carbons (Fsp3) is 0.467. The molecule has 2 N–H and O–H groups in total. The van der Waals surface area contributed by atoms with Crippen LogP contribution in [0.15, 0.2) is 30.5 Å². The van der Waals surface area contributed by atoms with Crippen molar-refractivity contribution in [2.75, 3.05) is 20.6 Å². The van der Waals surface area contributed by atoms with Gasteiger partial charge in [-0.1, -0.05) is 18.2 Å². The Hall–Kier alpha value is -1.32. The van der Waals surface area contributed by atoms with Crippen molar-refractivity contribution in [2.24, 2.45) is 0 Å². The molecule has 0 atom stereocenters. The molecule has 0 radical (unpaired) electrons. The van der Waals surface area contributed by atoms with Gasteiger partial charge in [0.2, 0.25) is 0 Å². The molecular formula is C15H23N3. The second-order valence-corrected chi connectivity index (χ2v) is 5.67. The van der Waals surface area contributed by atoms with E-state index in [1.54, 1.807) is 0 Å². The number of likely N-dealkylation sites (N-methyl/N-ethyl adjacent to an activating group) is 2. The topological polar surface area (TPSA) is 31.1 Å². The van der Waals surface area contributed by atoms with Gasteiger partial charge >= 0.3 is 0 Å².